The number of thiazole rings is 1. The molecular weight excluding hydrogens is 420 g/mol. The van der Waals surface area contributed by atoms with Crippen molar-refractivity contribution < 1.29 is 14.0 Å². The van der Waals surface area contributed by atoms with Crippen molar-refractivity contribution in [2.24, 2.45) is 0 Å². The van der Waals surface area contributed by atoms with Crippen LogP contribution in [0.4, 0.5) is 10.8 Å². The fourth-order valence-corrected chi connectivity index (χ4v) is 4.94. The Morgan fingerprint density at radius 2 is 1.97 bits per heavy atom. The number of hydrogen-bond donors (Lipinski definition) is 1. The maximum Gasteiger partial charge on any atom is 0.339 e. The smallest absolute Gasteiger partial charge is 0.339 e. The van der Waals surface area contributed by atoms with Crippen molar-refractivity contribution in [3.05, 3.63) is 48.1 Å². The number of nitrogens with one attached hydrogen (secondary N) is 1. The van der Waals surface area contributed by atoms with Crippen LogP contribution in [-0.2, 0) is 0 Å². The predicted molar refractivity (Wildman–Crippen MR) is 132 cm³/mol. The molecule has 172 valence electrons. The van der Waals surface area contributed by atoms with Gasteiger partial charge in [0.15, 0.2) is 0 Å². The van der Waals surface area contributed by atoms with E-state index in [9.17, 15) is 0 Å². The Labute approximate surface area is 195 Å². The normalized spacial score (nSPS) is 12.1. The van der Waals surface area contributed by atoms with E-state index in [-0.39, 0.29) is 0 Å². The SMILES string of the molecule is CCN(CC)CCC[C@H](C)[n+]1c(-c2cc(OC)ccc2OC)csc1Nc1cccnc1. The molecule has 1 atom stereocenters. The first-order valence-electron chi connectivity index (χ1n) is 11.3. The molecule has 0 spiro atoms. The molecule has 1 N–H and O–H groups in total. The number of anilines is 2. The summed E-state index contributed by atoms with van der Waals surface area (Å²) >= 11 is 1.69. The van der Waals surface area contributed by atoms with E-state index in [2.05, 4.69) is 45.9 Å². The summed E-state index contributed by atoms with van der Waals surface area (Å²) in [6, 6.07) is 10.2. The standard InChI is InChI=1S/C25H34N4O2S/c1-6-28(7-2)15-9-10-19(3)29-23(22-16-21(30-4)12-13-24(22)31-5)18-32-25(29)27-20-11-8-14-26-17-20/h8,11-14,16-19H,6-7,9-10,15H2,1-5H3/p+1/t19-/m0/s1. The van der Waals surface area contributed by atoms with E-state index in [0.717, 1.165) is 66.1 Å². The average molecular weight is 456 g/mol. The molecule has 0 unspecified atom stereocenters. The van der Waals surface area contributed by atoms with Gasteiger partial charge in [-0.15, -0.1) is 0 Å². The Hall–Kier alpha value is -2.64. The molecule has 0 amide bonds. The highest BCUT2D eigenvalue weighted by atomic mass is 32.1. The van der Waals surface area contributed by atoms with Crippen molar-refractivity contribution in [1.29, 1.82) is 0 Å². The van der Waals surface area contributed by atoms with Crippen LogP contribution in [0.15, 0.2) is 48.1 Å². The maximum absolute atomic E-state index is 5.70. The number of aromatic nitrogens is 2. The van der Waals surface area contributed by atoms with E-state index in [1.165, 1.54) is 0 Å². The summed E-state index contributed by atoms with van der Waals surface area (Å²) in [6.07, 6.45) is 5.86. The predicted octanol–water partition coefficient (Wildman–Crippen LogP) is 5.54. The highest BCUT2D eigenvalue weighted by Gasteiger charge is 2.26. The maximum atomic E-state index is 5.70. The number of nitrogens with zero attached hydrogens (tertiary/aromatic N) is 3. The van der Waals surface area contributed by atoms with E-state index in [4.69, 9.17) is 9.47 Å². The molecule has 6 nitrogen and oxygen atoms in total. The zero-order chi connectivity index (χ0) is 22.9. The van der Waals surface area contributed by atoms with Crippen LogP contribution in [0, 0.1) is 0 Å². The third kappa shape index (κ3) is 5.78. The van der Waals surface area contributed by atoms with Gasteiger partial charge in [0.25, 0.3) is 0 Å². The van der Waals surface area contributed by atoms with Crippen molar-refractivity contribution in [2.45, 2.75) is 39.7 Å². The summed E-state index contributed by atoms with van der Waals surface area (Å²) in [7, 11) is 3.41. The van der Waals surface area contributed by atoms with Crippen LogP contribution < -0.4 is 19.4 Å². The van der Waals surface area contributed by atoms with Gasteiger partial charge in [0.2, 0.25) is 0 Å². The molecule has 0 aliphatic rings. The highest BCUT2D eigenvalue weighted by Crippen LogP contribution is 2.36. The molecule has 1 aromatic carbocycles. The van der Waals surface area contributed by atoms with E-state index < -0.39 is 0 Å². The van der Waals surface area contributed by atoms with Crippen molar-refractivity contribution >= 4 is 22.2 Å². The van der Waals surface area contributed by atoms with Crippen LogP contribution in [0.1, 0.15) is 39.7 Å². The summed E-state index contributed by atoms with van der Waals surface area (Å²) in [5.41, 5.74) is 3.12. The van der Waals surface area contributed by atoms with Crippen molar-refractivity contribution in [2.75, 3.05) is 39.2 Å². The van der Waals surface area contributed by atoms with Gasteiger partial charge in [-0.25, -0.2) is 9.88 Å². The lowest BCUT2D eigenvalue weighted by molar-refractivity contribution is -0.692. The van der Waals surface area contributed by atoms with Crippen molar-refractivity contribution in [3.63, 3.8) is 0 Å². The van der Waals surface area contributed by atoms with Gasteiger partial charge >= 0.3 is 5.13 Å². The van der Waals surface area contributed by atoms with Crippen molar-refractivity contribution in [1.82, 2.24) is 9.88 Å². The molecule has 2 heterocycles. The lowest BCUT2D eigenvalue weighted by atomic mass is 10.1. The molecule has 3 aromatic rings. The highest BCUT2D eigenvalue weighted by molar-refractivity contribution is 7.13. The number of rotatable bonds is 12. The van der Waals surface area contributed by atoms with E-state index in [1.807, 2.05) is 36.5 Å². The Bertz CT molecular complexity index is 973. The van der Waals surface area contributed by atoms with E-state index >= 15 is 0 Å². The summed E-state index contributed by atoms with van der Waals surface area (Å²) < 4.78 is 13.6. The van der Waals surface area contributed by atoms with E-state index in [0.29, 0.717) is 6.04 Å². The van der Waals surface area contributed by atoms with Crippen LogP contribution in [0.25, 0.3) is 11.3 Å². The Morgan fingerprint density at radius 1 is 1.16 bits per heavy atom. The lowest BCUT2D eigenvalue weighted by Crippen LogP contribution is -2.40. The average Bonchev–Trinajstić information content (AvgIpc) is 3.25. The van der Waals surface area contributed by atoms with Crippen LogP contribution in [-0.4, -0.2) is 43.7 Å². The third-order valence-electron chi connectivity index (χ3n) is 5.79. The van der Waals surface area contributed by atoms with Crippen LogP contribution in [0.2, 0.25) is 0 Å². The summed E-state index contributed by atoms with van der Waals surface area (Å²) in [5, 5.41) is 6.84. The molecule has 0 bridgehead atoms. The Balaban J connectivity index is 1.97. The van der Waals surface area contributed by atoms with Crippen molar-refractivity contribution in [3.8, 4) is 22.8 Å². The first-order chi connectivity index (χ1) is 15.6. The van der Waals surface area contributed by atoms with Gasteiger partial charge in [0.1, 0.15) is 22.9 Å². The molecule has 2 aromatic heterocycles. The minimum Gasteiger partial charge on any atom is -0.497 e. The van der Waals surface area contributed by atoms with Gasteiger partial charge in [-0.3, -0.25) is 4.98 Å². The molecule has 0 aliphatic heterocycles. The van der Waals surface area contributed by atoms with Gasteiger partial charge < -0.3 is 14.4 Å². The molecule has 32 heavy (non-hydrogen) atoms. The van der Waals surface area contributed by atoms with Gasteiger partial charge in [-0.05, 0) is 69.7 Å². The fourth-order valence-electron chi connectivity index (χ4n) is 3.91. The fraction of sp³-hybridized carbons (Fsp3) is 0.440. The molecule has 3 rings (SSSR count). The topological polar surface area (TPSA) is 50.5 Å². The molecule has 0 radical (unpaired) electrons. The van der Waals surface area contributed by atoms with Gasteiger partial charge in [0.05, 0.1) is 32.0 Å². The zero-order valence-electron chi connectivity index (χ0n) is 19.8. The monoisotopic (exact) mass is 455 g/mol. The van der Waals surface area contributed by atoms with E-state index in [1.54, 1.807) is 31.8 Å². The molecule has 0 fully saturated rings. The van der Waals surface area contributed by atoms with Crippen LogP contribution >= 0.6 is 11.3 Å². The second kappa shape index (κ2) is 11.8. The number of ether oxygens (including phenoxy) is 2. The Kier molecular flexibility index (Phi) is 8.88. The largest absolute Gasteiger partial charge is 0.497 e. The summed E-state index contributed by atoms with van der Waals surface area (Å²) in [6.45, 7) is 10.0. The first kappa shape index (κ1) is 24.0. The van der Waals surface area contributed by atoms with Gasteiger partial charge in [0, 0.05) is 11.6 Å². The summed E-state index contributed by atoms with van der Waals surface area (Å²) in [4.78, 5) is 6.73. The minimum atomic E-state index is 0.307. The van der Waals surface area contributed by atoms with Gasteiger partial charge in [-0.2, -0.15) is 0 Å². The second-order valence-electron chi connectivity index (χ2n) is 7.75. The number of benzene rings is 1. The lowest BCUT2D eigenvalue weighted by Gasteiger charge is -2.20. The zero-order valence-corrected chi connectivity index (χ0v) is 20.6. The molecular formula is C25H35N4O2S+. The van der Waals surface area contributed by atoms with Crippen LogP contribution in [0.3, 0.4) is 0 Å². The van der Waals surface area contributed by atoms with Crippen LogP contribution in [0.5, 0.6) is 11.5 Å². The Morgan fingerprint density at radius 3 is 2.62 bits per heavy atom. The summed E-state index contributed by atoms with van der Waals surface area (Å²) in [5.74, 6) is 1.65. The second-order valence-corrected chi connectivity index (χ2v) is 8.61. The number of hydrogen-bond acceptors (Lipinski definition) is 6. The number of pyridine rings is 1. The molecule has 7 heteroatoms. The molecule has 0 saturated heterocycles. The number of methoxy groups -OCH3 is 2. The third-order valence-corrected chi connectivity index (χ3v) is 6.65. The molecule has 0 saturated carbocycles. The van der Waals surface area contributed by atoms with Gasteiger partial charge in [-0.1, -0.05) is 25.2 Å². The minimum absolute atomic E-state index is 0.307. The molecule has 0 aliphatic carbocycles. The quantitative estimate of drug-likeness (QED) is 0.363. The first-order valence-corrected chi connectivity index (χ1v) is 12.1.